The molecule has 1 aromatic heterocycles. The van der Waals surface area contributed by atoms with E-state index in [-0.39, 0.29) is 16.8 Å². The van der Waals surface area contributed by atoms with Crippen molar-refractivity contribution in [3.05, 3.63) is 57.6 Å². The van der Waals surface area contributed by atoms with Crippen LogP contribution in [0, 0.1) is 3.57 Å². The summed E-state index contributed by atoms with van der Waals surface area (Å²) in [5.74, 6) is -0.122. The molecule has 0 atom stereocenters. The van der Waals surface area contributed by atoms with Gasteiger partial charge in [0.1, 0.15) is 0 Å². The molecule has 0 aliphatic rings. The molecule has 19 heavy (non-hydrogen) atoms. The highest BCUT2D eigenvalue weighted by atomic mass is 127. The Kier molecular flexibility index (Phi) is 4.92. The van der Waals surface area contributed by atoms with Gasteiger partial charge in [-0.05, 0) is 64.6 Å². The Morgan fingerprint density at radius 1 is 1.32 bits per heavy atom. The van der Waals surface area contributed by atoms with Gasteiger partial charge >= 0.3 is 0 Å². The molecule has 0 unspecified atom stereocenters. The first kappa shape index (κ1) is 14.0. The molecule has 0 radical (unpaired) electrons. The van der Waals surface area contributed by atoms with Crippen molar-refractivity contribution in [1.82, 2.24) is 10.6 Å². The van der Waals surface area contributed by atoms with Crippen molar-refractivity contribution in [2.75, 3.05) is 0 Å². The van der Waals surface area contributed by atoms with Crippen LogP contribution in [0.4, 0.5) is 0 Å². The Morgan fingerprint density at radius 3 is 2.84 bits per heavy atom. The highest BCUT2D eigenvalue weighted by Gasteiger charge is 2.09. The van der Waals surface area contributed by atoms with Crippen LogP contribution in [-0.2, 0) is 6.54 Å². The first-order chi connectivity index (χ1) is 9.15. The summed E-state index contributed by atoms with van der Waals surface area (Å²) in [6, 6.07) is 11.3. The van der Waals surface area contributed by atoms with Gasteiger partial charge < -0.3 is 9.73 Å². The third kappa shape index (κ3) is 4.32. The zero-order valence-electron chi connectivity index (χ0n) is 9.85. The van der Waals surface area contributed by atoms with Gasteiger partial charge in [-0.2, -0.15) is 0 Å². The van der Waals surface area contributed by atoms with E-state index in [1.54, 1.807) is 12.1 Å². The number of hydrogen-bond donors (Lipinski definition) is 2. The molecule has 1 heterocycles. The molecule has 0 bridgehead atoms. The minimum atomic E-state index is -0.356. The van der Waals surface area contributed by atoms with Crippen molar-refractivity contribution in [3.8, 4) is 0 Å². The number of carbonyl (C=O) groups is 1. The van der Waals surface area contributed by atoms with Crippen LogP contribution in [0.1, 0.15) is 16.1 Å². The van der Waals surface area contributed by atoms with E-state index in [1.807, 2.05) is 24.3 Å². The van der Waals surface area contributed by atoms with Gasteiger partial charge in [-0.1, -0.05) is 12.1 Å². The van der Waals surface area contributed by atoms with Crippen molar-refractivity contribution in [2.45, 2.75) is 6.54 Å². The lowest BCUT2D eigenvalue weighted by molar-refractivity contribution is 0.0949. The number of carbonyl (C=O) groups excluding carboxylic acids is 1. The smallest absolute Gasteiger partial charge is 0.293 e. The van der Waals surface area contributed by atoms with Crippen LogP contribution in [0.2, 0.25) is 0 Å². The van der Waals surface area contributed by atoms with Gasteiger partial charge in [-0.3, -0.25) is 10.1 Å². The summed E-state index contributed by atoms with van der Waals surface area (Å²) < 4.78 is 6.13. The monoisotopic (exact) mass is 386 g/mol. The summed E-state index contributed by atoms with van der Waals surface area (Å²) in [7, 11) is 0. The molecule has 2 rings (SSSR count). The summed E-state index contributed by atoms with van der Waals surface area (Å²) in [5, 5.41) is 5.80. The molecule has 2 N–H and O–H groups in total. The lowest BCUT2D eigenvalue weighted by Crippen LogP contribution is -2.38. The lowest BCUT2D eigenvalue weighted by Gasteiger charge is -2.08. The van der Waals surface area contributed by atoms with Gasteiger partial charge in [0.25, 0.3) is 5.91 Å². The largest absolute Gasteiger partial charge is 0.459 e. The van der Waals surface area contributed by atoms with E-state index in [1.165, 1.54) is 6.26 Å². The fourth-order valence-electron chi connectivity index (χ4n) is 1.45. The van der Waals surface area contributed by atoms with Crippen molar-refractivity contribution in [1.29, 1.82) is 0 Å². The zero-order valence-corrected chi connectivity index (χ0v) is 12.8. The van der Waals surface area contributed by atoms with Crippen molar-refractivity contribution in [3.63, 3.8) is 0 Å². The average Bonchev–Trinajstić information content (AvgIpc) is 2.90. The quantitative estimate of drug-likeness (QED) is 0.629. The van der Waals surface area contributed by atoms with E-state index >= 15 is 0 Å². The summed E-state index contributed by atoms with van der Waals surface area (Å²) in [6.45, 7) is 0.564. The van der Waals surface area contributed by atoms with E-state index in [9.17, 15) is 4.79 Å². The lowest BCUT2D eigenvalue weighted by atomic mass is 10.2. The number of nitrogens with one attached hydrogen (secondary N) is 2. The standard InChI is InChI=1S/C13H11IN2O2S/c14-10-4-1-3-9(7-10)8-15-13(19)16-12(17)11-5-2-6-18-11/h1-7H,8H2,(H2,15,16,17,19). The Morgan fingerprint density at radius 2 is 2.16 bits per heavy atom. The molecule has 0 spiro atoms. The Hall–Kier alpha value is -1.41. The number of thiocarbonyl (C=S) groups is 1. The van der Waals surface area contributed by atoms with Gasteiger partial charge in [0.05, 0.1) is 6.26 Å². The SMILES string of the molecule is O=C(NC(=S)NCc1cccc(I)c1)c1ccco1. The molecule has 1 amide bonds. The molecular weight excluding hydrogens is 375 g/mol. The maximum absolute atomic E-state index is 11.6. The summed E-state index contributed by atoms with van der Waals surface area (Å²) in [4.78, 5) is 11.6. The second-order valence-electron chi connectivity index (χ2n) is 3.74. The Balaban J connectivity index is 1.83. The number of rotatable bonds is 3. The minimum Gasteiger partial charge on any atom is -0.459 e. The molecule has 4 nitrogen and oxygen atoms in total. The number of hydrogen-bond acceptors (Lipinski definition) is 3. The van der Waals surface area contributed by atoms with Gasteiger partial charge in [0, 0.05) is 10.1 Å². The van der Waals surface area contributed by atoms with E-state index in [4.69, 9.17) is 16.6 Å². The summed E-state index contributed by atoms with van der Waals surface area (Å²) in [5.41, 5.74) is 1.10. The number of amides is 1. The first-order valence-corrected chi connectivity index (χ1v) is 7.01. The van der Waals surface area contributed by atoms with Crippen LogP contribution < -0.4 is 10.6 Å². The van der Waals surface area contributed by atoms with Crippen LogP contribution >= 0.6 is 34.8 Å². The van der Waals surface area contributed by atoms with Crippen molar-refractivity contribution >= 4 is 45.8 Å². The van der Waals surface area contributed by atoms with Crippen molar-refractivity contribution < 1.29 is 9.21 Å². The molecule has 0 aliphatic heterocycles. The highest BCUT2D eigenvalue weighted by molar-refractivity contribution is 14.1. The number of benzene rings is 1. The number of furan rings is 1. The van der Waals surface area contributed by atoms with Gasteiger partial charge in [0.15, 0.2) is 10.9 Å². The van der Waals surface area contributed by atoms with Gasteiger partial charge in [-0.25, -0.2) is 0 Å². The average molecular weight is 386 g/mol. The highest BCUT2D eigenvalue weighted by Crippen LogP contribution is 2.07. The minimum absolute atomic E-state index is 0.235. The van der Waals surface area contributed by atoms with Gasteiger partial charge in [-0.15, -0.1) is 0 Å². The molecule has 2 aromatic rings. The zero-order chi connectivity index (χ0) is 13.7. The van der Waals surface area contributed by atoms with E-state index in [0.29, 0.717) is 6.54 Å². The molecule has 0 saturated heterocycles. The maximum Gasteiger partial charge on any atom is 0.293 e. The van der Waals surface area contributed by atoms with E-state index in [0.717, 1.165) is 9.13 Å². The third-order valence-corrected chi connectivity index (χ3v) is 3.23. The van der Waals surface area contributed by atoms with Crippen LogP contribution in [0.5, 0.6) is 0 Å². The summed E-state index contributed by atoms with van der Waals surface area (Å²) >= 11 is 7.30. The third-order valence-electron chi connectivity index (χ3n) is 2.31. The Bertz CT molecular complexity index is 584. The van der Waals surface area contributed by atoms with Crippen LogP contribution in [0.25, 0.3) is 0 Å². The predicted molar refractivity (Wildman–Crippen MR) is 84.8 cm³/mol. The fourth-order valence-corrected chi connectivity index (χ4v) is 2.22. The fraction of sp³-hybridized carbons (Fsp3) is 0.0769. The molecule has 0 fully saturated rings. The predicted octanol–water partition coefficient (Wildman–Crippen LogP) is 2.69. The molecule has 98 valence electrons. The van der Waals surface area contributed by atoms with Crippen LogP contribution in [0.3, 0.4) is 0 Å². The molecule has 1 aromatic carbocycles. The van der Waals surface area contributed by atoms with Crippen LogP contribution in [0.15, 0.2) is 47.1 Å². The van der Waals surface area contributed by atoms with Crippen LogP contribution in [-0.4, -0.2) is 11.0 Å². The first-order valence-electron chi connectivity index (χ1n) is 5.52. The second kappa shape index (κ2) is 6.67. The normalized spacial score (nSPS) is 9.95. The van der Waals surface area contributed by atoms with Crippen molar-refractivity contribution in [2.24, 2.45) is 0 Å². The molecule has 6 heteroatoms. The maximum atomic E-state index is 11.6. The summed E-state index contributed by atoms with van der Waals surface area (Å²) in [6.07, 6.45) is 1.44. The molecular formula is C13H11IN2O2S. The topological polar surface area (TPSA) is 54.3 Å². The van der Waals surface area contributed by atoms with Gasteiger partial charge in [0.2, 0.25) is 0 Å². The molecule has 0 aliphatic carbocycles. The second-order valence-corrected chi connectivity index (χ2v) is 5.40. The van der Waals surface area contributed by atoms with E-state index in [2.05, 4.69) is 33.2 Å². The molecule has 0 saturated carbocycles. The Labute approximate surface area is 129 Å². The number of halogens is 1. The van der Waals surface area contributed by atoms with E-state index < -0.39 is 0 Å².